The minimum absolute atomic E-state index is 0.00480. The van der Waals surface area contributed by atoms with Gasteiger partial charge >= 0.3 is 0 Å². The second kappa shape index (κ2) is 8.84. The monoisotopic (exact) mass is 418 g/mol. The van der Waals surface area contributed by atoms with Crippen LogP contribution in [0.3, 0.4) is 0 Å². The van der Waals surface area contributed by atoms with Crippen LogP contribution < -0.4 is 5.32 Å². The zero-order valence-electron chi connectivity index (χ0n) is 17.1. The molecule has 30 heavy (non-hydrogen) atoms. The molecule has 154 valence electrons. The highest BCUT2D eigenvalue weighted by atomic mass is 32.1. The van der Waals surface area contributed by atoms with E-state index in [1.165, 1.54) is 10.4 Å². The molecule has 0 aliphatic carbocycles. The minimum atomic E-state index is -0.592. The van der Waals surface area contributed by atoms with Gasteiger partial charge in [0.1, 0.15) is 0 Å². The average molecular weight is 419 g/mol. The molecule has 1 N–H and O–H groups in total. The van der Waals surface area contributed by atoms with Crippen LogP contribution in [0.25, 0.3) is 10.4 Å². The Kier molecular flexibility index (Phi) is 6.00. The lowest BCUT2D eigenvalue weighted by molar-refractivity contribution is -0.130. The van der Waals surface area contributed by atoms with E-state index in [1.54, 1.807) is 11.3 Å². The van der Waals surface area contributed by atoms with Gasteiger partial charge in [0.2, 0.25) is 5.91 Å². The first kappa shape index (κ1) is 20.4. The third-order valence-corrected chi connectivity index (χ3v) is 6.70. The van der Waals surface area contributed by atoms with Crippen LogP contribution in [0.1, 0.15) is 29.3 Å². The van der Waals surface area contributed by atoms with E-state index in [9.17, 15) is 9.59 Å². The number of benzene rings is 2. The number of rotatable bonds is 6. The molecule has 4 rings (SSSR count). The van der Waals surface area contributed by atoms with E-state index in [0.29, 0.717) is 38.0 Å². The van der Waals surface area contributed by atoms with Crippen LogP contribution in [0.2, 0.25) is 0 Å². The second-order valence-corrected chi connectivity index (χ2v) is 8.78. The smallest absolute Gasteiger partial charge is 0.253 e. The van der Waals surface area contributed by atoms with Crippen molar-refractivity contribution < 1.29 is 9.59 Å². The molecule has 1 fully saturated rings. The van der Waals surface area contributed by atoms with Crippen molar-refractivity contribution in [3.05, 3.63) is 83.2 Å². The Labute approximate surface area is 181 Å². The quantitative estimate of drug-likeness (QED) is 0.635. The number of likely N-dealkylation sites (tertiary alicyclic amines) is 1. The molecule has 1 aliphatic rings. The molecule has 0 spiro atoms. The standard InChI is InChI=1S/C25H26N2O2S/c1-2-26-24(29)25(14-15-27(18-25)23(28)21-7-4-3-5-8-21)17-19-10-12-20(13-11-19)22-9-6-16-30-22/h3-13,16H,2,14-15,17-18H2,1H3,(H,26,29)/t25-/m0/s1. The molecule has 1 saturated heterocycles. The second-order valence-electron chi connectivity index (χ2n) is 7.83. The number of thiophene rings is 1. The summed E-state index contributed by atoms with van der Waals surface area (Å²) in [6.07, 6.45) is 1.30. The first-order chi connectivity index (χ1) is 14.6. The molecule has 5 heteroatoms. The predicted molar refractivity (Wildman–Crippen MR) is 122 cm³/mol. The van der Waals surface area contributed by atoms with E-state index < -0.39 is 5.41 Å². The van der Waals surface area contributed by atoms with Crippen molar-refractivity contribution in [3.63, 3.8) is 0 Å². The van der Waals surface area contributed by atoms with Crippen molar-refractivity contribution in [1.82, 2.24) is 10.2 Å². The molecule has 0 bridgehead atoms. The van der Waals surface area contributed by atoms with Gasteiger partial charge in [-0.05, 0) is 54.5 Å². The highest BCUT2D eigenvalue weighted by molar-refractivity contribution is 7.13. The Hall–Kier alpha value is -2.92. The van der Waals surface area contributed by atoms with E-state index in [0.717, 1.165) is 5.56 Å². The van der Waals surface area contributed by atoms with E-state index in [1.807, 2.05) is 42.2 Å². The Balaban J connectivity index is 1.55. The molecule has 3 aromatic rings. The van der Waals surface area contributed by atoms with Gasteiger partial charge in [0, 0.05) is 30.1 Å². The topological polar surface area (TPSA) is 49.4 Å². The fourth-order valence-electron chi connectivity index (χ4n) is 4.19. The van der Waals surface area contributed by atoms with E-state index in [4.69, 9.17) is 0 Å². The molecule has 0 saturated carbocycles. The number of hydrogen-bond acceptors (Lipinski definition) is 3. The fourth-order valence-corrected chi connectivity index (χ4v) is 4.92. The molecular weight excluding hydrogens is 392 g/mol. The van der Waals surface area contributed by atoms with Crippen molar-refractivity contribution in [2.75, 3.05) is 19.6 Å². The summed E-state index contributed by atoms with van der Waals surface area (Å²) >= 11 is 1.72. The summed E-state index contributed by atoms with van der Waals surface area (Å²) in [6, 6.07) is 21.9. The van der Waals surface area contributed by atoms with Crippen LogP contribution in [0.4, 0.5) is 0 Å². The zero-order chi connectivity index (χ0) is 21.0. The van der Waals surface area contributed by atoms with Crippen LogP contribution >= 0.6 is 11.3 Å². The van der Waals surface area contributed by atoms with Crippen LogP contribution in [0.15, 0.2) is 72.1 Å². The highest BCUT2D eigenvalue weighted by Gasteiger charge is 2.45. The summed E-state index contributed by atoms with van der Waals surface area (Å²) in [5.41, 5.74) is 2.39. The molecule has 2 heterocycles. The average Bonchev–Trinajstić information content (AvgIpc) is 3.46. The van der Waals surface area contributed by atoms with Crippen molar-refractivity contribution in [3.8, 4) is 10.4 Å². The molecule has 4 nitrogen and oxygen atoms in total. The molecule has 2 aromatic carbocycles. The normalized spacial score (nSPS) is 18.4. The number of nitrogens with zero attached hydrogens (tertiary/aromatic N) is 1. The van der Waals surface area contributed by atoms with Crippen molar-refractivity contribution in [2.45, 2.75) is 19.8 Å². The summed E-state index contributed by atoms with van der Waals surface area (Å²) in [5.74, 6) is 0.0329. The first-order valence-electron chi connectivity index (χ1n) is 10.4. The van der Waals surface area contributed by atoms with Crippen LogP contribution in [-0.2, 0) is 11.2 Å². The molecule has 1 aliphatic heterocycles. The number of amides is 2. The SMILES string of the molecule is CCNC(=O)[C@]1(Cc2ccc(-c3cccs3)cc2)CCN(C(=O)c2ccccc2)C1. The van der Waals surface area contributed by atoms with E-state index >= 15 is 0 Å². The van der Waals surface area contributed by atoms with Gasteiger partial charge in [-0.15, -0.1) is 11.3 Å². The van der Waals surface area contributed by atoms with Crippen molar-refractivity contribution >= 4 is 23.2 Å². The molecule has 1 atom stereocenters. The summed E-state index contributed by atoms with van der Waals surface area (Å²) in [6.45, 7) is 3.56. The van der Waals surface area contributed by atoms with Gasteiger partial charge in [-0.1, -0.05) is 48.5 Å². The minimum Gasteiger partial charge on any atom is -0.356 e. The first-order valence-corrected chi connectivity index (χ1v) is 11.2. The maximum absolute atomic E-state index is 13.1. The number of nitrogens with one attached hydrogen (secondary N) is 1. The summed E-state index contributed by atoms with van der Waals surface area (Å²) in [5, 5.41) is 5.08. The maximum Gasteiger partial charge on any atom is 0.253 e. The third-order valence-electron chi connectivity index (χ3n) is 5.78. The summed E-state index contributed by atoms with van der Waals surface area (Å²) in [4.78, 5) is 29.1. The summed E-state index contributed by atoms with van der Waals surface area (Å²) in [7, 11) is 0. The fraction of sp³-hybridized carbons (Fsp3) is 0.280. The van der Waals surface area contributed by atoms with E-state index in [2.05, 4.69) is 47.1 Å². The van der Waals surface area contributed by atoms with Gasteiger partial charge in [0.05, 0.1) is 5.41 Å². The predicted octanol–water partition coefficient (Wildman–Crippen LogP) is 4.63. The lowest BCUT2D eigenvalue weighted by Gasteiger charge is -2.28. The maximum atomic E-state index is 13.1. The van der Waals surface area contributed by atoms with Crippen LogP contribution in [-0.4, -0.2) is 36.3 Å². The van der Waals surface area contributed by atoms with Gasteiger partial charge in [-0.3, -0.25) is 9.59 Å². The van der Waals surface area contributed by atoms with Gasteiger partial charge in [0.15, 0.2) is 0 Å². The van der Waals surface area contributed by atoms with Crippen LogP contribution in [0, 0.1) is 5.41 Å². The number of carbonyl (C=O) groups excluding carboxylic acids is 2. The molecule has 2 amide bonds. The van der Waals surface area contributed by atoms with Gasteiger partial charge in [-0.2, -0.15) is 0 Å². The Morgan fingerprint density at radius 1 is 1.03 bits per heavy atom. The lowest BCUT2D eigenvalue weighted by Crippen LogP contribution is -2.45. The lowest BCUT2D eigenvalue weighted by atomic mass is 9.79. The van der Waals surface area contributed by atoms with Crippen molar-refractivity contribution in [1.29, 1.82) is 0 Å². The Bertz CT molecular complexity index is 999. The highest BCUT2D eigenvalue weighted by Crippen LogP contribution is 2.36. The Morgan fingerprint density at radius 3 is 2.47 bits per heavy atom. The summed E-state index contributed by atoms with van der Waals surface area (Å²) < 4.78 is 0. The largest absolute Gasteiger partial charge is 0.356 e. The molecule has 1 aromatic heterocycles. The van der Waals surface area contributed by atoms with E-state index in [-0.39, 0.29) is 11.8 Å². The van der Waals surface area contributed by atoms with Gasteiger partial charge in [0.25, 0.3) is 5.91 Å². The number of hydrogen-bond donors (Lipinski definition) is 1. The van der Waals surface area contributed by atoms with Gasteiger partial charge in [-0.25, -0.2) is 0 Å². The Morgan fingerprint density at radius 2 is 1.80 bits per heavy atom. The number of carbonyl (C=O) groups is 2. The zero-order valence-corrected chi connectivity index (χ0v) is 18.0. The van der Waals surface area contributed by atoms with Crippen molar-refractivity contribution in [2.24, 2.45) is 5.41 Å². The molecule has 0 unspecified atom stereocenters. The molecular formula is C25H26N2O2S. The third kappa shape index (κ3) is 4.17. The molecule has 0 radical (unpaired) electrons. The van der Waals surface area contributed by atoms with Gasteiger partial charge < -0.3 is 10.2 Å². The van der Waals surface area contributed by atoms with Crippen LogP contribution in [0.5, 0.6) is 0 Å².